The number of aliphatic hydroxyl groups is 1. The highest BCUT2D eigenvalue weighted by Crippen LogP contribution is 2.47. The molecule has 0 aromatic heterocycles. The second kappa shape index (κ2) is 11.1. The molecule has 0 aliphatic carbocycles. The molecule has 1 aromatic carbocycles. The molecule has 2 aliphatic heterocycles. The van der Waals surface area contributed by atoms with E-state index in [-0.39, 0.29) is 6.61 Å². The quantitative estimate of drug-likeness (QED) is 0.557. The number of carbonyl (C=O) groups is 2. The third-order valence-corrected chi connectivity index (χ3v) is 7.36. The van der Waals surface area contributed by atoms with Gasteiger partial charge in [-0.3, -0.25) is 9.59 Å². The predicted octanol–water partition coefficient (Wildman–Crippen LogP) is 2.54. The molecule has 0 saturated carbocycles. The Morgan fingerprint density at radius 2 is 1.97 bits per heavy atom. The monoisotopic (exact) mass is 486 g/mol. The molecule has 32 heavy (non-hydrogen) atoms. The van der Waals surface area contributed by atoms with Crippen molar-refractivity contribution >= 4 is 41.0 Å². The number of halogens is 1. The Morgan fingerprint density at radius 1 is 1.25 bits per heavy atom. The van der Waals surface area contributed by atoms with Crippen molar-refractivity contribution in [2.75, 3.05) is 37.7 Å². The van der Waals surface area contributed by atoms with Gasteiger partial charge in [0.05, 0.1) is 10.9 Å². The summed E-state index contributed by atoms with van der Waals surface area (Å²) in [6, 6.07) is 5.65. The summed E-state index contributed by atoms with van der Waals surface area (Å²) in [6.45, 7) is 9.98. The topological polar surface area (TPSA) is 88.5 Å². The number of carbonyl (C=O) groups excluding carboxylic acids is 2. The Balaban J connectivity index is 1.94. The normalized spacial score (nSPS) is 27.0. The zero-order chi connectivity index (χ0) is 23.4. The van der Waals surface area contributed by atoms with Crippen molar-refractivity contribution in [3.63, 3.8) is 0 Å². The van der Waals surface area contributed by atoms with E-state index in [0.717, 1.165) is 30.2 Å². The lowest BCUT2D eigenvalue weighted by Crippen LogP contribution is -2.65. The van der Waals surface area contributed by atoms with Crippen LogP contribution in [0.25, 0.3) is 0 Å². The molecule has 2 heterocycles. The van der Waals surface area contributed by atoms with E-state index in [9.17, 15) is 14.7 Å². The Hall–Kier alpha value is -1.52. The lowest BCUT2D eigenvalue weighted by molar-refractivity contribution is -0.203. The first-order chi connectivity index (χ1) is 15.2. The summed E-state index contributed by atoms with van der Waals surface area (Å²) < 4.78 is 16.9. The number of hydrogen-bond acceptors (Lipinski definition) is 9. The number of aliphatic hydroxyl groups excluding tert-OH is 1. The minimum atomic E-state index is -1.01. The van der Waals surface area contributed by atoms with Gasteiger partial charge in [0, 0.05) is 36.9 Å². The van der Waals surface area contributed by atoms with Crippen LogP contribution in [0.5, 0.6) is 0 Å². The number of esters is 2. The second-order valence-corrected chi connectivity index (χ2v) is 9.50. The molecule has 1 saturated heterocycles. The predicted molar refractivity (Wildman–Crippen MR) is 123 cm³/mol. The van der Waals surface area contributed by atoms with Gasteiger partial charge in [-0.25, -0.2) is 0 Å². The van der Waals surface area contributed by atoms with Gasteiger partial charge in [-0.05, 0) is 31.3 Å². The largest absolute Gasteiger partial charge is 0.463 e. The third kappa shape index (κ3) is 5.69. The van der Waals surface area contributed by atoms with E-state index in [1.54, 1.807) is 0 Å². The molecule has 1 fully saturated rings. The van der Waals surface area contributed by atoms with Gasteiger partial charge >= 0.3 is 11.9 Å². The SMILES string of the molecule is CCN(CC)CCN1c2cc(Cl)ccc2S[C@H]2[C@@H](O)[C@H](OC(C)=O)[C@@H](COC(C)=O)O[C@H]21. The van der Waals surface area contributed by atoms with Gasteiger partial charge in [0.2, 0.25) is 0 Å². The molecule has 0 unspecified atom stereocenters. The first kappa shape index (κ1) is 25.1. The van der Waals surface area contributed by atoms with Crippen molar-refractivity contribution < 1.29 is 28.9 Å². The molecule has 10 heteroatoms. The Morgan fingerprint density at radius 3 is 2.59 bits per heavy atom. The summed E-state index contributed by atoms with van der Waals surface area (Å²) in [5, 5.41) is 11.4. The molecule has 8 nitrogen and oxygen atoms in total. The zero-order valence-electron chi connectivity index (χ0n) is 18.8. The van der Waals surface area contributed by atoms with Gasteiger partial charge in [0.1, 0.15) is 25.0 Å². The third-order valence-electron chi connectivity index (χ3n) is 5.74. The average Bonchev–Trinajstić information content (AvgIpc) is 2.74. The number of fused-ring (bicyclic) bond motifs is 2. The smallest absolute Gasteiger partial charge is 0.303 e. The molecule has 2 aliphatic rings. The van der Waals surface area contributed by atoms with Crippen LogP contribution in [0.4, 0.5) is 5.69 Å². The number of anilines is 1. The minimum absolute atomic E-state index is 0.121. The minimum Gasteiger partial charge on any atom is -0.463 e. The summed E-state index contributed by atoms with van der Waals surface area (Å²) in [7, 11) is 0. The van der Waals surface area contributed by atoms with Crippen LogP contribution in [0.2, 0.25) is 5.02 Å². The van der Waals surface area contributed by atoms with Crippen molar-refractivity contribution in [1.29, 1.82) is 0 Å². The van der Waals surface area contributed by atoms with Crippen molar-refractivity contribution in [3.8, 4) is 0 Å². The first-order valence-corrected chi connectivity index (χ1v) is 12.1. The number of likely N-dealkylation sites (N-methyl/N-ethyl adjacent to an activating group) is 1. The second-order valence-electron chi connectivity index (χ2n) is 7.85. The van der Waals surface area contributed by atoms with Gasteiger partial charge < -0.3 is 29.1 Å². The van der Waals surface area contributed by atoms with Gasteiger partial charge in [0.25, 0.3) is 0 Å². The number of benzene rings is 1. The standard InChI is InChI=1S/C22H31ClN2O6S/c1-5-24(6-2)9-10-25-16-11-15(23)7-8-18(16)32-21-19(28)20(30-14(4)27)17(31-22(21)25)12-29-13(3)26/h7-8,11,17,19-22,28H,5-6,9-10,12H2,1-4H3/t17-,19+,20-,21+,22-/m1/s1. The van der Waals surface area contributed by atoms with Crippen LogP contribution in [0, 0.1) is 0 Å². The number of hydrogen-bond donors (Lipinski definition) is 1. The molecule has 5 atom stereocenters. The highest BCUT2D eigenvalue weighted by atomic mass is 35.5. The van der Waals surface area contributed by atoms with Crippen LogP contribution in [-0.2, 0) is 23.8 Å². The van der Waals surface area contributed by atoms with Crippen LogP contribution < -0.4 is 4.90 Å². The Kier molecular flexibility index (Phi) is 8.68. The van der Waals surface area contributed by atoms with E-state index in [1.807, 2.05) is 18.2 Å². The number of nitrogens with zero attached hydrogens (tertiary/aromatic N) is 2. The van der Waals surface area contributed by atoms with Crippen molar-refractivity contribution in [2.45, 2.75) is 62.4 Å². The maximum atomic E-state index is 11.7. The maximum absolute atomic E-state index is 11.7. The van der Waals surface area contributed by atoms with Crippen LogP contribution in [0.15, 0.2) is 23.1 Å². The van der Waals surface area contributed by atoms with Crippen molar-refractivity contribution in [2.24, 2.45) is 0 Å². The van der Waals surface area contributed by atoms with Gasteiger partial charge in [0.15, 0.2) is 6.10 Å². The van der Waals surface area contributed by atoms with Gasteiger partial charge in [-0.2, -0.15) is 0 Å². The summed E-state index contributed by atoms with van der Waals surface area (Å²) in [4.78, 5) is 28.5. The highest BCUT2D eigenvalue weighted by molar-refractivity contribution is 8.00. The number of ether oxygens (including phenoxy) is 3. The van der Waals surface area contributed by atoms with E-state index in [1.165, 1.54) is 25.6 Å². The molecule has 1 aromatic rings. The number of rotatable bonds is 8. The lowest BCUT2D eigenvalue weighted by atomic mass is 9.98. The first-order valence-electron chi connectivity index (χ1n) is 10.8. The molecule has 1 N–H and O–H groups in total. The molecule has 0 radical (unpaired) electrons. The van der Waals surface area contributed by atoms with Crippen LogP contribution in [0.3, 0.4) is 0 Å². The highest BCUT2D eigenvalue weighted by Gasteiger charge is 2.52. The number of thioether (sulfide) groups is 1. The Bertz CT molecular complexity index is 824. The summed E-state index contributed by atoms with van der Waals surface area (Å²) in [5.74, 6) is -1.00. The summed E-state index contributed by atoms with van der Waals surface area (Å²) >= 11 is 7.78. The maximum Gasteiger partial charge on any atom is 0.303 e. The van der Waals surface area contributed by atoms with Crippen molar-refractivity contribution in [1.82, 2.24) is 4.90 Å². The molecule has 0 bridgehead atoms. The molecule has 178 valence electrons. The van der Waals surface area contributed by atoms with E-state index in [2.05, 4.69) is 23.6 Å². The Labute approximate surface area is 198 Å². The van der Waals surface area contributed by atoms with E-state index in [0.29, 0.717) is 11.6 Å². The summed E-state index contributed by atoms with van der Waals surface area (Å²) in [6.07, 6.45) is -3.26. The lowest BCUT2D eigenvalue weighted by Gasteiger charge is -2.51. The fourth-order valence-corrected chi connectivity index (χ4v) is 5.62. The van der Waals surface area contributed by atoms with Gasteiger partial charge in [-0.15, -0.1) is 11.8 Å². The van der Waals surface area contributed by atoms with Crippen LogP contribution >= 0.6 is 23.4 Å². The fraction of sp³-hybridized carbons (Fsp3) is 0.636. The van der Waals surface area contributed by atoms with E-state index in [4.69, 9.17) is 25.8 Å². The molecule has 0 amide bonds. The van der Waals surface area contributed by atoms with Gasteiger partial charge in [-0.1, -0.05) is 25.4 Å². The fourth-order valence-electron chi connectivity index (χ4n) is 4.09. The summed E-state index contributed by atoms with van der Waals surface area (Å²) in [5.41, 5.74) is 0.931. The molecule has 0 spiro atoms. The van der Waals surface area contributed by atoms with Crippen LogP contribution in [0.1, 0.15) is 27.7 Å². The average molecular weight is 487 g/mol. The molecular weight excluding hydrogens is 456 g/mol. The van der Waals surface area contributed by atoms with E-state index >= 15 is 0 Å². The molecule has 3 rings (SSSR count). The zero-order valence-corrected chi connectivity index (χ0v) is 20.4. The van der Waals surface area contributed by atoms with Crippen molar-refractivity contribution in [3.05, 3.63) is 23.2 Å². The van der Waals surface area contributed by atoms with Crippen LogP contribution in [-0.4, -0.2) is 84.5 Å². The molecular formula is C22H31ClN2O6S. The van der Waals surface area contributed by atoms with E-state index < -0.39 is 41.7 Å².